The van der Waals surface area contributed by atoms with Gasteiger partial charge in [-0.1, -0.05) is 56.3 Å². The minimum atomic E-state index is -0.272. The lowest BCUT2D eigenvalue weighted by atomic mass is 10.0. The molecule has 0 saturated carbocycles. The van der Waals surface area contributed by atoms with Gasteiger partial charge < -0.3 is 10.2 Å². The molecule has 2 aromatic carbocycles. The van der Waals surface area contributed by atoms with Gasteiger partial charge in [0, 0.05) is 25.2 Å². The molecule has 0 aromatic heterocycles. The van der Waals surface area contributed by atoms with Crippen LogP contribution in [-0.2, 0) is 16.0 Å². The molecule has 4 heteroatoms. The van der Waals surface area contributed by atoms with Crippen molar-refractivity contribution in [2.75, 3.05) is 18.0 Å². The van der Waals surface area contributed by atoms with Crippen LogP contribution in [0.25, 0.3) is 0 Å². The highest BCUT2D eigenvalue weighted by molar-refractivity contribution is 6.00. The van der Waals surface area contributed by atoms with Gasteiger partial charge in [0.15, 0.2) is 0 Å². The maximum absolute atomic E-state index is 12.4. The molecule has 26 heavy (non-hydrogen) atoms. The molecule has 0 bridgehead atoms. The van der Waals surface area contributed by atoms with Crippen molar-refractivity contribution in [3.8, 4) is 0 Å². The highest BCUT2D eigenvalue weighted by atomic mass is 16.2. The second kappa shape index (κ2) is 8.17. The number of amides is 2. The van der Waals surface area contributed by atoms with E-state index in [1.165, 1.54) is 11.1 Å². The molecule has 4 nitrogen and oxygen atoms in total. The SMILES string of the molecule is CC(C)c1ccc(CCNC(=O)C2CC(=O)N(c3ccccc3)C2)cc1. The minimum Gasteiger partial charge on any atom is -0.355 e. The summed E-state index contributed by atoms with van der Waals surface area (Å²) in [4.78, 5) is 26.3. The van der Waals surface area contributed by atoms with Gasteiger partial charge in [0.25, 0.3) is 0 Å². The molecule has 1 aliphatic heterocycles. The van der Waals surface area contributed by atoms with Crippen LogP contribution in [0, 0.1) is 5.92 Å². The number of hydrogen-bond donors (Lipinski definition) is 1. The van der Waals surface area contributed by atoms with Crippen molar-refractivity contribution in [1.82, 2.24) is 5.32 Å². The van der Waals surface area contributed by atoms with E-state index in [1.54, 1.807) is 4.90 Å². The summed E-state index contributed by atoms with van der Waals surface area (Å²) in [6.45, 7) is 5.40. The molecule has 2 aromatic rings. The van der Waals surface area contributed by atoms with E-state index in [2.05, 4.69) is 43.4 Å². The first-order chi connectivity index (χ1) is 12.5. The fraction of sp³-hybridized carbons (Fsp3) is 0.364. The first-order valence-electron chi connectivity index (χ1n) is 9.26. The van der Waals surface area contributed by atoms with Gasteiger partial charge >= 0.3 is 0 Å². The molecule has 2 amide bonds. The lowest BCUT2D eigenvalue weighted by molar-refractivity contribution is -0.126. The molecule has 1 fully saturated rings. The van der Waals surface area contributed by atoms with Crippen molar-refractivity contribution >= 4 is 17.5 Å². The molecular weight excluding hydrogens is 324 g/mol. The van der Waals surface area contributed by atoms with E-state index in [-0.39, 0.29) is 24.2 Å². The summed E-state index contributed by atoms with van der Waals surface area (Å²) < 4.78 is 0. The zero-order valence-corrected chi connectivity index (χ0v) is 15.4. The van der Waals surface area contributed by atoms with E-state index in [1.807, 2.05) is 30.3 Å². The monoisotopic (exact) mass is 350 g/mol. The Kier molecular flexibility index (Phi) is 5.71. The number of hydrogen-bond acceptors (Lipinski definition) is 2. The fourth-order valence-electron chi connectivity index (χ4n) is 3.28. The van der Waals surface area contributed by atoms with Crippen molar-refractivity contribution in [2.24, 2.45) is 5.92 Å². The minimum absolute atomic E-state index is 0.0145. The number of anilines is 1. The van der Waals surface area contributed by atoms with Crippen molar-refractivity contribution in [2.45, 2.75) is 32.6 Å². The third kappa shape index (κ3) is 4.31. The molecule has 0 spiro atoms. The summed E-state index contributed by atoms with van der Waals surface area (Å²) >= 11 is 0. The molecule has 1 heterocycles. The normalized spacial score (nSPS) is 17.0. The van der Waals surface area contributed by atoms with Crippen molar-refractivity contribution < 1.29 is 9.59 Å². The van der Waals surface area contributed by atoms with E-state index in [9.17, 15) is 9.59 Å². The van der Waals surface area contributed by atoms with Crippen LogP contribution in [0.5, 0.6) is 0 Å². The molecule has 136 valence electrons. The van der Waals surface area contributed by atoms with Crippen LogP contribution in [0.2, 0.25) is 0 Å². The molecule has 1 atom stereocenters. The van der Waals surface area contributed by atoms with Crippen LogP contribution in [0.4, 0.5) is 5.69 Å². The first kappa shape index (κ1) is 18.2. The van der Waals surface area contributed by atoms with Gasteiger partial charge in [-0.2, -0.15) is 0 Å². The molecule has 0 radical (unpaired) electrons. The Bertz CT molecular complexity index is 753. The number of para-hydroxylation sites is 1. The highest BCUT2D eigenvalue weighted by Crippen LogP contribution is 2.24. The summed E-state index contributed by atoms with van der Waals surface area (Å²) in [6.07, 6.45) is 1.08. The Morgan fingerprint density at radius 3 is 2.46 bits per heavy atom. The van der Waals surface area contributed by atoms with Crippen molar-refractivity contribution in [3.05, 3.63) is 65.7 Å². The van der Waals surface area contributed by atoms with E-state index < -0.39 is 0 Å². The van der Waals surface area contributed by atoms with Crippen molar-refractivity contribution in [3.63, 3.8) is 0 Å². The molecular formula is C22H26N2O2. The number of rotatable bonds is 6. The molecule has 1 saturated heterocycles. The first-order valence-corrected chi connectivity index (χ1v) is 9.26. The van der Waals surface area contributed by atoms with Crippen LogP contribution < -0.4 is 10.2 Å². The average Bonchev–Trinajstić information content (AvgIpc) is 3.04. The Labute approximate surface area is 155 Å². The topological polar surface area (TPSA) is 49.4 Å². The van der Waals surface area contributed by atoms with E-state index in [0.29, 0.717) is 19.0 Å². The standard InChI is InChI=1S/C22H26N2O2/c1-16(2)18-10-8-17(9-11-18)12-13-23-22(26)19-14-21(25)24(15-19)20-6-4-3-5-7-20/h3-11,16,19H,12-15H2,1-2H3,(H,23,26). The number of carbonyl (C=O) groups is 2. The predicted molar refractivity (Wildman–Crippen MR) is 104 cm³/mol. The summed E-state index contributed by atoms with van der Waals surface area (Å²) in [5.74, 6) is 0.235. The summed E-state index contributed by atoms with van der Waals surface area (Å²) in [7, 11) is 0. The van der Waals surface area contributed by atoms with Crippen molar-refractivity contribution in [1.29, 1.82) is 0 Å². The average molecular weight is 350 g/mol. The number of nitrogens with zero attached hydrogens (tertiary/aromatic N) is 1. The number of benzene rings is 2. The maximum Gasteiger partial charge on any atom is 0.227 e. The zero-order chi connectivity index (χ0) is 18.5. The molecule has 1 unspecified atom stereocenters. The largest absolute Gasteiger partial charge is 0.355 e. The summed E-state index contributed by atoms with van der Waals surface area (Å²) in [5, 5.41) is 2.99. The fourth-order valence-corrected chi connectivity index (χ4v) is 3.28. The molecule has 0 aliphatic carbocycles. The Morgan fingerprint density at radius 1 is 1.12 bits per heavy atom. The maximum atomic E-state index is 12.4. The predicted octanol–water partition coefficient (Wildman–Crippen LogP) is 3.52. The third-order valence-corrected chi connectivity index (χ3v) is 4.92. The van der Waals surface area contributed by atoms with Gasteiger partial charge in [-0.05, 0) is 35.6 Å². The van der Waals surface area contributed by atoms with Gasteiger partial charge in [-0.3, -0.25) is 9.59 Å². The zero-order valence-electron chi connectivity index (χ0n) is 15.4. The lowest BCUT2D eigenvalue weighted by Gasteiger charge is -2.16. The highest BCUT2D eigenvalue weighted by Gasteiger charge is 2.34. The van der Waals surface area contributed by atoms with Gasteiger partial charge in [-0.15, -0.1) is 0 Å². The number of carbonyl (C=O) groups excluding carboxylic acids is 2. The van der Waals surface area contributed by atoms with E-state index in [4.69, 9.17) is 0 Å². The molecule has 1 N–H and O–H groups in total. The second-order valence-electron chi connectivity index (χ2n) is 7.18. The summed E-state index contributed by atoms with van der Waals surface area (Å²) in [6, 6.07) is 18.1. The Balaban J connectivity index is 1.49. The van der Waals surface area contributed by atoms with Crippen LogP contribution >= 0.6 is 0 Å². The number of nitrogens with one attached hydrogen (secondary N) is 1. The van der Waals surface area contributed by atoms with Gasteiger partial charge in [0.1, 0.15) is 0 Å². The van der Waals surface area contributed by atoms with E-state index in [0.717, 1.165) is 12.1 Å². The van der Waals surface area contributed by atoms with E-state index >= 15 is 0 Å². The van der Waals surface area contributed by atoms with Crippen LogP contribution in [-0.4, -0.2) is 24.9 Å². The van der Waals surface area contributed by atoms with Crippen LogP contribution in [0.1, 0.15) is 37.3 Å². The quantitative estimate of drug-likeness (QED) is 0.866. The Morgan fingerprint density at radius 2 is 1.81 bits per heavy atom. The third-order valence-electron chi connectivity index (χ3n) is 4.92. The van der Waals surface area contributed by atoms with Gasteiger partial charge in [-0.25, -0.2) is 0 Å². The second-order valence-corrected chi connectivity index (χ2v) is 7.18. The Hall–Kier alpha value is -2.62. The summed E-state index contributed by atoms with van der Waals surface area (Å²) in [5.41, 5.74) is 3.39. The smallest absolute Gasteiger partial charge is 0.227 e. The lowest BCUT2D eigenvalue weighted by Crippen LogP contribution is -2.34. The van der Waals surface area contributed by atoms with Gasteiger partial charge in [0.05, 0.1) is 5.92 Å². The molecule has 3 rings (SSSR count). The van der Waals surface area contributed by atoms with Crippen LogP contribution in [0.15, 0.2) is 54.6 Å². The molecule has 1 aliphatic rings. The van der Waals surface area contributed by atoms with Gasteiger partial charge in [0.2, 0.25) is 11.8 Å². The van der Waals surface area contributed by atoms with Crippen LogP contribution in [0.3, 0.4) is 0 Å².